The van der Waals surface area contributed by atoms with E-state index < -0.39 is 0 Å². The second-order valence-electron chi connectivity index (χ2n) is 8.33. The third-order valence-electron chi connectivity index (χ3n) is 5.87. The molecule has 162 valence electrons. The van der Waals surface area contributed by atoms with Crippen LogP contribution in [-0.2, 0) is 11.3 Å². The summed E-state index contributed by atoms with van der Waals surface area (Å²) in [7, 11) is 0. The van der Waals surface area contributed by atoms with Crippen LogP contribution in [0.5, 0.6) is 0 Å². The van der Waals surface area contributed by atoms with E-state index in [1.165, 1.54) is 40.9 Å². The summed E-state index contributed by atoms with van der Waals surface area (Å²) in [6.07, 6.45) is 2.33. The summed E-state index contributed by atoms with van der Waals surface area (Å²) in [4.78, 5) is 12.8. The zero-order chi connectivity index (χ0) is 21.9. The number of nitrogens with one attached hydrogen (secondary N) is 1. The Morgan fingerprint density at radius 1 is 1.03 bits per heavy atom. The molecule has 6 heteroatoms. The Morgan fingerprint density at radius 2 is 1.78 bits per heavy atom. The molecule has 0 spiro atoms. The average Bonchev–Trinajstić information content (AvgIpc) is 3.59. The van der Waals surface area contributed by atoms with Crippen LogP contribution in [0.1, 0.15) is 48.7 Å². The first-order chi connectivity index (χ1) is 15.7. The number of carbonyl (C=O) groups excluding carboxylic acids is 1. The van der Waals surface area contributed by atoms with E-state index in [0.29, 0.717) is 11.7 Å². The lowest BCUT2D eigenvalue weighted by Gasteiger charge is -2.16. The summed E-state index contributed by atoms with van der Waals surface area (Å²) >= 11 is 1.46. The summed E-state index contributed by atoms with van der Waals surface area (Å²) in [5.41, 5.74) is 2.34. The Bertz CT molecular complexity index is 1230. The second-order valence-corrected chi connectivity index (χ2v) is 9.28. The summed E-state index contributed by atoms with van der Waals surface area (Å²) in [6, 6.07) is 24.8. The lowest BCUT2D eigenvalue weighted by molar-refractivity contribution is -0.119. The van der Waals surface area contributed by atoms with Crippen LogP contribution in [0.15, 0.2) is 78.0 Å². The standard InChI is InChI=1S/C26H26N4OS/c1-18(22-13-7-11-20-10-5-6-12-23(20)22)27-24(31)17-32-26-29-28-25(21-14-15-21)30(26)16-19-8-3-2-4-9-19/h2-13,18,21H,14-17H2,1H3,(H,27,31). The van der Waals surface area contributed by atoms with Gasteiger partial charge in [-0.2, -0.15) is 0 Å². The van der Waals surface area contributed by atoms with Gasteiger partial charge in [-0.05, 0) is 41.7 Å². The van der Waals surface area contributed by atoms with Gasteiger partial charge in [-0.1, -0.05) is 84.6 Å². The lowest BCUT2D eigenvalue weighted by atomic mass is 10.00. The normalized spacial score (nSPS) is 14.4. The average molecular weight is 443 g/mol. The van der Waals surface area contributed by atoms with E-state index in [2.05, 4.69) is 56.5 Å². The topological polar surface area (TPSA) is 59.8 Å². The van der Waals surface area contributed by atoms with Crippen molar-refractivity contribution in [2.24, 2.45) is 0 Å². The van der Waals surface area contributed by atoms with Crippen molar-refractivity contribution in [3.8, 4) is 0 Å². The maximum Gasteiger partial charge on any atom is 0.230 e. The van der Waals surface area contributed by atoms with E-state index >= 15 is 0 Å². The molecule has 0 bridgehead atoms. The SMILES string of the molecule is CC(NC(=O)CSc1nnc(C2CC2)n1Cc1ccccc1)c1cccc2ccccc12. The minimum absolute atomic E-state index is 0.00216. The summed E-state index contributed by atoms with van der Waals surface area (Å²) in [5.74, 6) is 1.85. The fourth-order valence-electron chi connectivity index (χ4n) is 4.08. The molecule has 1 atom stereocenters. The number of aromatic nitrogens is 3. The number of benzene rings is 3. The molecule has 0 aliphatic heterocycles. The van der Waals surface area contributed by atoms with Crippen molar-refractivity contribution < 1.29 is 4.79 Å². The lowest BCUT2D eigenvalue weighted by Crippen LogP contribution is -2.28. The fraction of sp³-hybridized carbons (Fsp3) is 0.269. The molecule has 1 aromatic heterocycles. The van der Waals surface area contributed by atoms with Crippen LogP contribution < -0.4 is 5.32 Å². The van der Waals surface area contributed by atoms with Gasteiger partial charge in [0.2, 0.25) is 5.91 Å². The largest absolute Gasteiger partial charge is 0.349 e. The zero-order valence-corrected chi connectivity index (χ0v) is 18.9. The molecule has 1 saturated carbocycles. The van der Waals surface area contributed by atoms with Gasteiger partial charge in [-0.3, -0.25) is 4.79 Å². The Kier molecular flexibility index (Phi) is 5.95. The van der Waals surface area contributed by atoms with Crippen molar-refractivity contribution in [2.75, 3.05) is 5.75 Å². The van der Waals surface area contributed by atoms with Gasteiger partial charge in [-0.15, -0.1) is 10.2 Å². The number of hydrogen-bond donors (Lipinski definition) is 1. The third-order valence-corrected chi connectivity index (χ3v) is 6.84. The highest BCUT2D eigenvalue weighted by Gasteiger charge is 2.30. The molecule has 1 aliphatic rings. The Balaban J connectivity index is 1.27. The molecular weight excluding hydrogens is 416 g/mol. The van der Waals surface area contributed by atoms with Gasteiger partial charge in [0.15, 0.2) is 5.16 Å². The minimum Gasteiger partial charge on any atom is -0.349 e. The molecule has 32 heavy (non-hydrogen) atoms. The van der Waals surface area contributed by atoms with Crippen LogP contribution in [0, 0.1) is 0 Å². The maximum atomic E-state index is 12.8. The Morgan fingerprint density at radius 3 is 2.59 bits per heavy atom. The second kappa shape index (κ2) is 9.17. The van der Waals surface area contributed by atoms with Gasteiger partial charge in [0.25, 0.3) is 0 Å². The number of fused-ring (bicyclic) bond motifs is 1. The van der Waals surface area contributed by atoms with Gasteiger partial charge < -0.3 is 9.88 Å². The summed E-state index contributed by atoms with van der Waals surface area (Å²) in [5, 5.41) is 15.2. The molecule has 1 fully saturated rings. The first kappa shape index (κ1) is 20.8. The Hall–Kier alpha value is -3.12. The molecule has 1 heterocycles. The number of hydrogen-bond acceptors (Lipinski definition) is 4. The van der Waals surface area contributed by atoms with E-state index in [0.717, 1.165) is 23.1 Å². The number of carbonyl (C=O) groups is 1. The van der Waals surface area contributed by atoms with Gasteiger partial charge in [0, 0.05) is 5.92 Å². The van der Waals surface area contributed by atoms with Crippen LogP contribution >= 0.6 is 11.8 Å². The summed E-state index contributed by atoms with van der Waals surface area (Å²) < 4.78 is 2.18. The highest BCUT2D eigenvalue weighted by molar-refractivity contribution is 7.99. The van der Waals surface area contributed by atoms with Crippen molar-refractivity contribution in [2.45, 2.75) is 43.4 Å². The number of thioether (sulfide) groups is 1. The van der Waals surface area contributed by atoms with Gasteiger partial charge in [0.05, 0.1) is 18.3 Å². The Labute approximate surface area is 192 Å². The molecule has 1 N–H and O–H groups in total. The van der Waals surface area contributed by atoms with Crippen molar-refractivity contribution >= 4 is 28.4 Å². The van der Waals surface area contributed by atoms with E-state index in [4.69, 9.17) is 0 Å². The number of rotatable bonds is 8. The van der Waals surface area contributed by atoms with Crippen LogP contribution in [0.4, 0.5) is 0 Å². The van der Waals surface area contributed by atoms with Gasteiger partial charge >= 0.3 is 0 Å². The van der Waals surface area contributed by atoms with Gasteiger partial charge in [0.1, 0.15) is 5.82 Å². The molecule has 0 saturated heterocycles. The van der Waals surface area contributed by atoms with Gasteiger partial charge in [-0.25, -0.2) is 0 Å². The van der Waals surface area contributed by atoms with E-state index in [9.17, 15) is 4.79 Å². The van der Waals surface area contributed by atoms with Crippen LogP contribution in [0.2, 0.25) is 0 Å². The molecule has 5 nitrogen and oxygen atoms in total. The summed E-state index contributed by atoms with van der Waals surface area (Å²) in [6.45, 7) is 2.77. The quantitative estimate of drug-likeness (QED) is 0.375. The fourth-order valence-corrected chi connectivity index (χ4v) is 4.84. The molecule has 1 unspecified atom stereocenters. The first-order valence-electron chi connectivity index (χ1n) is 11.1. The molecule has 0 radical (unpaired) electrons. The van der Waals surface area contributed by atoms with E-state index in [1.54, 1.807) is 0 Å². The zero-order valence-electron chi connectivity index (χ0n) is 18.1. The molecule has 1 aliphatic carbocycles. The molecule has 1 amide bonds. The highest BCUT2D eigenvalue weighted by Crippen LogP contribution is 2.40. The number of amides is 1. The van der Waals surface area contributed by atoms with Crippen molar-refractivity contribution in [1.82, 2.24) is 20.1 Å². The van der Waals surface area contributed by atoms with E-state index in [1.807, 2.05) is 43.3 Å². The maximum absolute atomic E-state index is 12.8. The molecule has 3 aromatic carbocycles. The smallest absolute Gasteiger partial charge is 0.230 e. The highest BCUT2D eigenvalue weighted by atomic mass is 32.2. The van der Waals surface area contributed by atoms with E-state index in [-0.39, 0.29) is 11.9 Å². The monoisotopic (exact) mass is 442 g/mol. The molecule has 5 rings (SSSR count). The van der Waals surface area contributed by atoms with Crippen molar-refractivity contribution in [3.63, 3.8) is 0 Å². The van der Waals surface area contributed by atoms with Crippen LogP contribution in [-0.4, -0.2) is 26.4 Å². The van der Waals surface area contributed by atoms with Crippen LogP contribution in [0.3, 0.4) is 0 Å². The predicted molar refractivity (Wildman–Crippen MR) is 129 cm³/mol. The predicted octanol–water partition coefficient (Wildman–Crippen LogP) is 5.33. The number of nitrogens with zero attached hydrogens (tertiary/aromatic N) is 3. The molecule has 4 aromatic rings. The van der Waals surface area contributed by atoms with Crippen LogP contribution in [0.25, 0.3) is 10.8 Å². The minimum atomic E-state index is -0.0709. The first-order valence-corrected chi connectivity index (χ1v) is 12.0. The third kappa shape index (κ3) is 4.55. The van der Waals surface area contributed by atoms with Crippen molar-refractivity contribution in [3.05, 3.63) is 89.7 Å². The van der Waals surface area contributed by atoms with Crippen molar-refractivity contribution in [1.29, 1.82) is 0 Å². The molecular formula is C26H26N4OS.